The number of fused-ring (bicyclic) bond motifs is 1. The summed E-state index contributed by atoms with van der Waals surface area (Å²) >= 11 is 1.69. The average molecular weight is 224 g/mol. The SMILES string of the molecule is CC(C)c1nsc2c1CCCN2C(C)C. The second kappa shape index (κ2) is 4.12. The van der Waals surface area contributed by atoms with Crippen LogP contribution in [-0.4, -0.2) is 17.0 Å². The van der Waals surface area contributed by atoms with Crippen LogP contribution in [0.25, 0.3) is 0 Å². The minimum atomic E-state index is 0.567. The van der Waals surface area contributed by atoms with Crippen molar-refractivity contribution in [2.45, 2.75) is 52.5 Å². The molecule has 0 radical (unpaired) electrons. The van der Waals surface area contributed by atoms with Crippen LogP contribution in [0.15, 0.2) is 0 Å². The molecule has 1 aliphatic rings. The van der Waals surface area contributed by atoms with Crippen molar-refractivity contribution < 1.29 is 0 Å². The normalized spacial score (nSPS) is 16.3. The predicted molar refractivity (Wildman–Crippen MR) is 67.0 cm³/mol. The minimum Gasteiger partial charge on any atom is -0.360 e. The van der Waals surface area contributed by atoms with Crippen LogP contribution in [0.2, 0.25) is 0 Å². The summed E-state index contributed by atoms with van der Waals surface area (Å²) in [5.41, 5.74) is 2.86. The van der Waals surface area contributed by atoms with Gasteiger partial charge in [-0.05, 0) is 44.1 Å². The molecule has 0 unspecified atom stereocenters. The van der Waals surface area contributed by atoms with Crippen LogP contribution in [0, 0.1) is 0 Å². The zero-order chi connectivity index (χ0) is 11.0. The van der Waals surface area contributed by atoms with E-state index in [0.29, 0.717) is 12.0 Å². The Morgan fingerprint density at radius 1 is 1.27 bits per heavy atom. The van der Waals surface area contributed by atoms with E-state index in [1.165, 1.54) is 35.6 Å². The van der Waals surface area contributed by atoms with Gasteiger partial charge in [0.2, 0.25) is 0 Å². The number of rotatable bonds is 2. The fourth-order valence-corrected chi connectivity index (χ4v) is 3.48. The van der Waals surface area contributed by atoms with E-state index in [9.17, 15) is 0 Å². The van der Waals surface area contributed by atoms with Gasteiger partial charge in [0.25, 0.3) is 0 Å². The van der Waals surface area contributed by atoms with Crippen molar-refractivity contribution in [1.82, 2.24) is 4.37 Å². The Hall–Kier alpha value is -0.570. The second-order valence-electron chi connectivity index (χ2n) is 4.90. The fourth-order valence-electron chi connectivity index (χ4n) is 2.25. The van der Waals surface area contributed by atoms with Crippen LogP contribution in [-0.2, 0) is 6.42 Å². The maximum absolute atomic E-state index is 4.63. The summed E-state index contributed by atoms with van der Waals surface area (Å²) < 4.78 is 4.63. The molecule has 0 saturated carbocycles. The summed E-state index contributed by atoms with van der Waals surface area (Å²) in [7, 11) is 0. The van der Waals surface area contributed by atoms with Gasteiger partial charge in [-0.3, -0.25) is 0 Å². The van der Waals surface area contributed by atoms with Gasteiger partial charge >= 0.3 is 0 Å². The first-order valence-corrected chi connectivity index (χ1v) is 6.63. The number of hydrogen-bond donors (Lipinski definition) is 0. The lowest BCUT2D eigenvalue weighted by Crippen LogP contribution is -2.34. The van der Waals surface area contributed by atoms with Gasteiger partial charge in [-0.2, -0.15) is 4.37 Å². The van der Waals surface area contributed by atoms with Crippen molar-refractivity contribution in [2.24, 2.45) is 0 Å². The molecule has 15 heavy (non-hydrogen) atoms. The van der Waals surface area contributed by atoms with Gasteiger partial charge in [0.15, 0.2) is 0 Å². The van der Waals surface area contributed by atoms with Crippen LogP contribution in [0.5, 0.6) is 0 Å². The van der Waals surface area contributed by atoms with Crippen LogP contribution in [0.3, 0.4) is 0 Å². The zero-order valence-electron chi connectivity index (χ0n) is 10.1. The summed E-state index contributed by atoms with van der Waals surface area (Å²) in [6, 6.07) is 0.601. The Morgan fingerprint density at radius 3 is 2.60 bits per heavy atom. The molecule has 0 aromatic carbocycles. The standard InChI is InChI=1S/C12H20N2S/c1-8(2)11-10-6-5-7-14(9(3)4)12(10)15-13-11/h8-9H,5-7H2,1-4H3. The van der Waals surface area contributed by atoms with Crippen LogP contribution in [0.4, 0.5) is 5.00 Å². The van der Waals surface area contributed by atoms with Gasteiger partial charge in [0.1, 0.15) is 5.00 Å². The van der Waals surface area contributed by atoms with E-state index in [0.717, 1.165) is 0 Å². The number of anilines is 1. The molecule has 0 aliphatic carbocycles. The molecule has 0 amide bonds. The largest absolute Gasteiger partial charge is 0.360 e. The Labute approximate surface area is 96.5 Å². The smallest absolute Gasteiger partial charge is 0.115 e. The van der Waals surface area contributed by atoms with E-state index in [-0.39, 0.29) is 0 Å². The van der Waals surface area contributed by atoms with Gasteiger partial charge in [0.05, 0.1) is 5.69 Å². The molecule has 0 atom stereocenters. The first kappa shape index (κ1) is 10.9. The molecule has 0 spiro atoms. The lowest BCUT2D eigenvalue weighted by Gasteiger charge is -2.32. The molecule has 2 nitrogen and oxygen atoms in total. The van der Waals surface area contributed by atoms with Crippen molar-refractivity contribution in [1.29, 1.82) is 0 Å². The molecule has 3 heteroatoms. The molecule has 0 saturated heterocycles. The summed E-state index contributed by atoms with van der Waals surface area (Å²) in [5, 5.41) is 1.43. The van der Waals surface area contributed by atoms with E-state index >= 15 is 0 Å². The predicted octanol–water partition coefficient (Wildman–Crippen LogP) is 3.43. The van der Waals surface area contributed by atoms with Gasteiger partial charge in [0, 0.05) is 18.2 Å². The van der Waals surface area contributed by atoms with Crippen LogP contribution in [0.1, 0.15) is 51.3 Å². The maximum Gasteiger partial charge on any atom is 0.115 e. The van der Waals surface area contributed by atoms with E-state index in [2.05, 4.69) is 37.0 Å². The molecule has 1 aliphatic heterocycles. The van der Waals surface area contributed by atoms with Gasteiger partial charge < -0.3 is 4.90 Å². The fraction of sp³-hybridized carbons (Fsp3) is 0.750. The molecule has 0 bridgehead atoms. The third-order valence-electron chi connectivity index (χ3n) is 3.05. The van der Waals surface area contributed by atoms with Gasteiger partial charge in [-0.15, -0.1) is 0 Å². The Bertz CT molecular complexity index is 341. The highest BCUT2D eigenvalue weighted by Crippen LogP contribution is 2.37. The molecule has 2 rings (SSSR count). The lowest BCUT2D eigenvalue weighted by atomic mass is 9.99. The maximum atomic E-state index is 4.63. The first-order valence-electron chi connectivity index (χ1n) is 5.86. The molecule has 0 fully saturated rings. The van der Waals surface area contributed by atoms with E-state index < -0.39 is 0 Å². The third-order valence-corrected chi connectivity index (χ3v) is 4.00. The third kappa shape index (κ3) is 1.89. The van der Waals surface area contributed by atoms with Crippen molar-refractivity contribution in [3.63, 3.8) is 0 Å². The van der Waals surface area contributed by atoms with Crippen molar-refractivity contribution in [3.8, 4) is 0 Å². The van der Waals surface area contributed by atoms with Crippen molar-refractivity contribution in [3.05, 3.63) is 11.3 Å². The first-order chi connectivity index (χ1) is 7.11. The number of nitrogens with zero attached hydrogens (tertiary/aromatic N) is 2. The Morgan fingerprint density at radius 2 is 2.00 bits per heavy atom. The van der Waals surface area contributed by atoms with E-state index in [4.69, 9.17) is 0 Å². The summed E-state index contributed by atoms with van der Waals surface area (Å²) in [6.07, 6.45) is 2.51. The average Bonchev–Trinajstić information content (AvgIpc) is 2.59. The summed E-state index contributed by atoms with van der Waals surface area (Å²) in [5.74, 6) is 0.567. The molecule has 1 aromatic heterocycles. The van der Waals surface area contributed by atoms with E-state index in [1.54, 1.807) is 11.5 Å². The Balaban J connectivity index is 2.38. The quantitative estimate of drug-likeness (QED) is 0.765. The van der Waals surface area contributed by atoms with Gasteiger partial charge in [-0.1, -0.05) is 13.8 Å². The van der Waals surface area contributed by atoms with Crippen LogP contribution >= 0.6 is 11.5 Å². The molecular weight excluding hydrogens is 204 g/mol. The second-order valence-corrected chi connectivity index (χ2v) is 5.65. The highest BCUT2D eigenvalue weighted by Gasteiger charge is 2.25. The van der Waals surface area contributed by atoms with Crippen LogP contribution < -0.4 is 4.90 Å². The minimum absolute atomic E-state index is 0.567. The molecule has 0 N–H and O–H groups in total. The monoisotopic (exact) mass is 224 g/mol. The Kier molecular flexibility index (Phi) is 3.01. The summed E-state index contributed by atoms with van der Waals surface area (Å²) in [6.45, 7) is 10.2. The molecular formula is C12H20N2S. The highest BCUT2D eigenvalue weighted by molar-refractivity contribution is 7.10. The van der Waals surface area contributed by atoms with Crippen molar-refractivity contribution >= 4 is 16.5 Å². The zero-order valence-corrected chi connectivity index (χ0v) is 10.9. The van der Waals surface area contributed by atoms with Crippen molar-refractivity contribution in [2.75, 3.05) is 11.4 Å². The number of aromatic nitrogens is 1. The molecule has 84 valence electrons. The highest BCUT2D eigenvalue weighted by atomic mass is 32.1. The van der Waals surface area contributed by atoms with E-state index in [1.807, 2.05) is 0 Å². The molecule has 2 heterocycles. The topological polar surface area (TPSA) is 16.1 Å². The lowest BCUT2D eigenvalue weighted by molar-refractivity contribution is 0.627. The number of hydrogen-bond acceptors (Lipinski definition) is 3. The van der Waals surface area contributed by atoms with Gasteiger partial charge in [-0.25, -0.2) is 0 Å². The summed E-state index contributed by atoms with van der Waals surface area (Å²) in [4.78, 5) is 2.50. The molecule has 1 aromatic rings.